The Morgan fingerprint density at radius 3 is 3.12 bits per heavy atom. The van der Waals surface area contributed by atoms with Gasteiger partial charge < -0.3 is 20.1 Å². The third-order valence-corrected chi connectivity index (χ3v) is 4.64. The van der Waals surface area contributed by atoms with Crippen LogP contribution in [0, 0.1) is 0 Å². The van der Waals surface area contributed by atoms with E-state index in [9.17, 15) is 9.59 Å². The maximum atomic E-state index is 13.0. The van der Waals surface area contributed by atoms with Crippen LogP contribution in [0.3, 0.4) is 0 Å². The lowest BCUT2D eigenvalue weighted by Crippen LogP contribution is -2.41. The Kier molecular flexibility index (Phi) is 3.48. The molecule has 0 aliphatic carbocycles. The molecule has 4 heterocycles. The number of aromatic nitrogens is 2. The molecule has 2 aromatic heterocycles. The summed E-state index contributed by atoms with van der Waals surface area (Å²) in [5.41, 5.74) is 2.22. The molecule has 2 aliphatic heterocycles. The van der Waals surface area contributed by atoms with Crippen molar-refractivity contribution in [3.05, 3.63) is 41.9 Å². The fraction of sp³-hybridized carbons (Fsp3) is 0.353. The number of carbonyl (C=O) groups is 2. The molecule has 7 nitrogen and oxygen atoms in total. The number of pyridine rings is 1. The smallest absolute Gasteiger partial charge is 0.256 e. The number of nitrogens with one attached hydrogen (secondary N) is 2. The summed E-state index contributed by atoms with van der Waals surface area (Å²) in [5.74, 6) is 0.422. The van der Waals surface area contributed by atoms with E-state index in [0.29, 0.717) is 23.6 Å². The number of fused-ring (bicyclic) bond motifs is 2. The van der Waals surface area contributed by atoms with Gasteiger partial charge in [0.25, 0.3) is 5.91 Å². The summed E-state index contributed by atoms with van der Waals surface area (Å²) in [5, 5.41) is 5.69. The summed E-state index contributed by atoms with van der Waals surface area (Å²) in [6, 6.07) is 5.86. The van der Waals surface area contributed by atoms with Gasteiger partial charge in [-0.1, -0.05) is 6.92 Å². The zero-order valence-electron chi connectivity index (χ0n) is 13.5. The molecular formula is C17H19N5O2. The van der Waals surface area contributed by atoms with Crippen LogP contribution < -0.4 is 10.6 Å². The Morgan fingerprint density at radius 2 is 2.29 bits per heavy atom. The van der Waals surface area contributed by atoms with E-state index >= 15 is 0 Å². The lowest BCUT2D eigenvalue weighted by atomic mass is 10.1. The largest absolute Gasteiger partial charge is 0.359 e. The minimum absolute atomic E-state index is 0.0515. The van der Waals surface area contributed by atoms with Crippen LogP contribution in [0.4, 0.5) is 11.5 Å². The van der Waals surface area contributed by atoms with E-state index in [1.165, 1.54) is 0 Å². The number of rotatable bonds is 2. The molecule has 1 atom stereocenters. The highest BCUT2D eigenvalue weighted by Crippen LogP contribution is 2.31. The molecule has 0 bridgehead atoms. The van der Waals surface area contributed by atoms with Crippen LogP contribution in [-0.4, -0.2) is 39.4 Å². The third-order valence-electron chi connectivity index (χ3n) is 4.64. The van der Waals surface area contributed by atoms with Gasteiger partial charge in [0.2, 0.25) is 5.91 Å². The van der Waals surface area contributed by atoms with Gasteiger partial charge in [0, 0.05) is 31.2 Å². The molecule has 0 aromatic carbocycles. The quantitative estimate of drug-likeness (QED) is 0.883. The summed E-state index contributed by atoms with van der Waals surface area (Å²) in [4.78, 5) is 30.7. The molecule has 0 spiro atoms. The standard InChI is InChI=1S/C17H19N5O2/c1-2-13-14-4-3-5-21(14)6-7-22(13)17(24)11-8-12-16(18-9-11)19-10-15(23)20-12/h3-5,8-9,13H,2,6-7,10H2,1H3,(H,18,19)(H,20,23). The van der Waals surface area contributed by atoms with Crippen LogP contribution in [0.15, 0.2) is 30.6 Å². The van der Waals surface area contributed by atoms with Crippen LogP contribution in [0.2, 0.25) is 0 Å². The molecular weight excluding hydrogens is 306 g/mol. The summed E-state index contributed by atoms with van der Waals surface area (Å²) in [6.45, 7) is 3.75. The van der Waals surface area contributed by atoms with Crippen LogP contribution in [0.1, 0.15) is 35.4 Å². The highest BCUT2D eigenvalue weighted by molar-refractivity contribution is 6.02. The van der Waals surface area contributed by atoms with E-state index in [1.807, 2.05) is 11.0 Å². The van der Waals surface area contributed by atoms with Gasteiger partial charge in [0.15, 0.2) is 0 Å². The van der Waals surface area contributed by atoms with Gasteiger partial charge in [-0.25, -0.2) is 4.98 Å². The van der Waals surface area contributed by atoms with E-state index in [2.05, 4.69) is 39.4 Å². The highest BCUT2D eigenvalue weighted by atomic mass is 16.2. The second kappa shape index (κ2) is 5.67. The van der Waals surface area contributed by atoms with Gasteiger partial charge in [-0.2, -0.15) is 0 Å². The predicted octanol–water partition coefficient (Wildman–Crippen LogP) is 1.85. The first-order valence-corrected chi connectivity index (χ1v) is 8.17. The number of carbonyl (C=O) groups excluding carboxylic acids is 2. The second-order valence-corrected chi connectivity index (χ2v) is 6.07. The maximum absolute atomic E-state index is 13.0. The van der Waals surface area contributed by atoms with Gasteiger partial charge in [-0.3, -0.25) is 9.59 Å². The fourth-order valence-electron chi connectivity index (χ4n) is 3.48. The molecule has 0 saturated heterocycles. The zero-order chi connectivity index (χ0) is 16.7. The summed E-state index contributed by atoms with van der Waals surface area (Å²) >= 11 is 0. The second-order valence-electron chi connectivity index (χ2n) is 6.07. The average Bonchev–Trinajstić information content (AvgIpc) is 3.08. The molecule has 0 fully saturated rings. The van der Waals surface area contributed by atoms with Gasteiger partial charge >= 0.3 is 0 Å². The summed E-state index contributed by atoms with van der Waals surface area (Å²) < 4.78 is 2.20. The molecule has 1 unspecified atom stereocenters. The van der Waals surface area contributed by atoms with Crippen molar-refractivity contribution in [3.8, 4) is 0 Å². The number of anilines is 2. The van der Waals surface area contributed by atoms with Crippen molar-refractivity contribution in [2.24, 2.45) is 0 Å². The van der Waals surface area contributed by atoms with E-state index in [0.717, 1.165) is 18.7 Å². The monoisotopic (exact) mass is 325 g/mol. The molecule has 2 aliphatic rings. The molecule has 24 heavy (non-hydrogen) atoms. The lowest BCUT2D eigenvalue weighted by Gasteiger charge is -2.36. The summed E-state index contributed by atoms with van der Waals surface area (Å²) in [6.07, 6.45) is 4.49. The molecule has 7 heteroatoms. The first-order valence-electron chi connectivity index (χ1n) is 8.17. The van der Waals surface area contributed by atoms with E-state index in [4.69, 9.17) is 0 Å². The van der Waals surface area contributed by atoms with Crippen molar-refractivity contribution in [2.75, 3.05) is 23.7 Å². The Morgan fingerprint density at radius 1 is 1.42 bits per heavy atom. The molecule has 0 saturated carbocycles. The summed E-state index contributed by atoms with van der Waals surface area (Å²) in [7, 11) is 0. The lowest BCUT2D eigenvalue weighted by molar-refractivity contribution is -0.114. The Balaban J connectivity index is 1.64. The van der Waals surface area contributed by atoms with Crippen LogP contribution >= 0.6 is 0 Å². The SMILES string of the molecule is CCC1c2cccn2CCN1C(=O)c1cnc2c(c1)NC(=O)CN2. The van der Waals surface area contributed by atoms with E-state index in [1.54, 1.807) is 12.3 Å². The number of hydrogen-bond acceptors (Lipinski definition) is 4. The maximum Gasteiger partial charge on any atom is 0.256 e. The van der Waals surface area contributed by atoms with Gasteiger partial charge in [0.05, 0.1) is 23.8 Å². The zero-order valence-corrected chi connectivity index (χ0v) is 13.5. The van der Waals surface area contributed by atoms with Crippen molar-refractivity contribution in [1.29, 1.82) is 0 Å². The first-order chi connectivity index (χ1) is 11.7. The molecule has 2 aromatic rings. The highest BCUT2D eigenvalue weighted by Gasteiger charge is 2.30. The predicted molar refractivity (Wildman–Crippen MR) is 89.9 cm³/mol. The third kappa shape index (κ3) is 2.33. The molecule has 124 valence electrons. The van der Waals surface area contributed by atoms with Crippen molar-refractivity contribution in [2.45, 2.75) is 25.9 Å². The van der Waals surface area contributed by atoms with E-state index in [-0.39, 0.29) is 24.4 Å². The van der Waals surface area contributed by atoms with Crippen molar-refractivity contribution < 1.29 is 9.59 Å². The average molecular weight is 325 g/mol. The molecule has 2 N–H and O–H groups in total. The Hall–Kier alpha value is -2.83. The van der Waals surface area contributed by atoms with E-state index < -0.39 is 0 Å². The molecule has 2 amide bonds. The van der Waals surface area contributed by atoms with Crippen molar-refractivity contribution in [1.82, 2.24) is 14.5 Å². The van der Waals surface area contributed by atoms with Crippen LogP contribution in [-0.2, 0) is 11.3 Å². The Bertz CT molecular complexity index is 813. The van der Waals surface area contributed by atoms with Crippen molar-refractivity contribution >= 4 is 23.3 Å². The van der Waals surface area contributed by atoms with Gasteiger partial charge in [0.1, 0.15) is 5.82 Å². The van der Waals surface area contributed by atoms with Gasteiger partial charge in [-0.05, 0) is 24.6 Å². The fourth-order valence-corrected chi connectivity index (χ4v) is 3.48. The Labute approximate surface area is 139 Å². The van der Waals surface area contributed by atoms with Crippen LogP contribution in [0.25, 0.3) is 0 Å². The number of hydrogen-bond donors (Lipinski definition) is 2. The molecule has 0 radical (unpaired) electrons. The molecule has 4 rings (SSSR count). The van der Waals surface area contributed by atoms with Crippen molar-refractivity contribution in [3.63, 3.8) is 0 Å². The number of nitrogens with zero attached hydrogens (tertiary/aromatic N) is 3. The van der Waals surface area contributed by atoms with Crippen LogP contribution in [0.5, 0.6) is 0 Å². The minimum atomic E-state index is -0.129. The normalized spacial score (nSPS) is 19.1. The number of amides is 2. The topological polar surface area (TPSA) is 79.3 Å². The van der Waals surface area contributed by atoms with Gasteiger partial charge in [-0.15, -0.1) is 0 Å². The first kappa shape index (κ1) is 14.7. The minimum Gasteiger partial charge on any atom is -0.359 e.